The fraction of sp³-hybridized carbons (Fsp3) is 0. The minimum Gasteiger partial charge on any atom is -0.309 e. The van der Waals surface area contributed by atoms with E-state index in [1.807, 2.05) is 0 Å². The smallest absolute Gasteiger partial charge is 0.0541 e. The molecule has 0 saturated heterocycles. The molecule has 13 aromatic rings. The van der Waals surface area contributed by atoms with Crippen molar-refractivity contribution in [2.24, 2.45) is 0 Å². The third-order valence-electron chi connectivity index (χ3n) is 13.6. The Hall–Kier alpha value is -8.52. The molecule has 0 aliphatic carbocycles. The van der Waals surface area contributed by atoms with Crippen molar-refractivity contribution in [2.75, 3.05) is 0 Å². The van der Waals surface area contributed by atoms with Crippen molar-refractivity contribution in [3.05, 3.63) is 249 Å². The zero-order chi connectivity index (χ0) is 42.8. The van der Waals surface area contributed by atoms with Crippen LogP contribution in [0.1, 0.15) is 0 Å². The van der Waals surface area contributed by atoms with Crippen molar-refractivity contribution >= 4 is 64.9 Å². The van der Waals surface area contributed by atoms with Gasteiger partial charge in [0.05, 0.1) is 16.7 Å². The van der Waals surface area contributed by atoms with E-state index in [2.05, 4.69) is 253 Å². The summed E-state index contributed by atoms with van der Waals surface area (Å²) in [5.41, 5.74) is 15.7. The zero-order valence-corrected chi connectivity index (χ0v) is 35.6. The molecule has 0 unspecified atom stereocenters. The van der Waals surface area contributed by atoms with E-state index in [1.54, 1.807) is 0 Å². The summed E-state index contributed by atoms with van der Waals surface area (Å²) in [4.78, 5) is 0. The maximum Gasteiger partial charge on any atom is 0.0541 e. The first-order chi connectivity index (χ1) is 32.2. The molecule has 1 aromatic heterocycles. The molecule has 65 heavy (non-hydrogen) atoms. The summed E-state index contributed by atoms with van der Waals surface area (Å²) in [6.07, 6.45) is 0. The summed E-state index contributed by atoms with van der Waals surface area (Å²) in [5, 5.41) is 12.5. The number of aromatic nitrogens is 1. The molecular formula is C64H41N. The normalized spacial score (nSPS) is 11.7. The number of rotatable bonds is 6. The summed E-state index contributed by atoms with van der Waals surface area (Å²) in [5.74, 6) is 0. The van der Waals surface area contributed by atoms with E-state index in [4.69, 9.17) is 0 Å². The van der Waals surface area contributed by atoms with Gasteiger partial charge in [-0.15, -0.1) is 0 Å². The van der Waals surface area contributed by atoms with E-state index in [1.165, 1.54) is 126 Å². The molecule has 0 aliphatic heterocycles. The lowest BCUT2D eigenvalue weighted by atomic mass is 9.93. The van der Waals surface area contributed by atoms with Crippen LogP contribution in [0, 0.1) is 0 Å². The molecule has 0 saturated carbocycles. The second-order valence-electron chi connectivity index (χ2n) is 17.3. The minimum atomic E-state index is 1.17. The third kappa shape index (κ3) is 6.32. The van der Waals surface area contributed by atoms with Gasteiger partial charge in [-0.1, -0.05) is 206 Å². The number of nitrogens with zero attached hydrogens (tertiary/aromatic N) is 1. The molecule has 0 spiro atoms. The first-order valence-corrected chi connectivity index (χ1v) is 22.5. The Bertz CT molecular complexity index is 3800. The molecule has 0 N–H and O–H groups in total. The Morgan fingerprint density at radius 2 is 0.585 bits per heavy atom. The molecule has 0 aliphatic rings. The average molecular weight is 824 g/mol. The Morgan fingerprint density at radius 1 is 0.200 bits per heavy atom. The van der Waals surface area contributed by atoms with Gasteiger partial charge in [0, 0.05) is 16.2 Å². The second-order valence-corrected chi connectivity index (χ2v) is 17.3. The summed E-state index contributed by atoms with van der Waals surface area (Å²) in [6, 6.07) is 91.7. The number of fused-ring (bicyclic) bond motifs is 7. The topological polar surface area (TPSA) is 4.93 Å². The van der Waals surface area contributed by atoms with E-state index in [-0.39, 0.29) is 0 Å². The maximum atomic E-state index is 2.49. The third-order valence-corrected chi connectivity index (χ3v) is 13.6. The van der Waals surface area contributed by atoms with Crippen LogP contribution in [0.3, 0.4) is 0 Å². The van der Waals surface area contributed by atoms with Crippen molar-refractivity contribution in [3.63, 3.8) is 0 Å². The Labute approximate surface area is 377 Å². The number of hydrogen-bond acceptors (Lipinski definition) is 0. The predicted molar refractivity (Wildman–Crippen MR) is 278 cm³/mol. The highest BCUT2D eigenvalue weighted by Crippen LogP contribution is 2.42. The molecule has 1 heteroatoms. The highest BCUT2D eigenvalue weighted by atomic mass is 15.0. The standard InChI is InChI=1S/C64H41N/c1-3-13-49-38-51(30-28-42(49)10-1)44-20-24-46(25-21-44)53-32-35-63-60(40-53)61-41-54(47-26-22-45(23-27-47)52-31-29-43-11-2-4-14-50(43)39-52)33-36-64(61)65(63)62-37-34-58(57-17-7-8-18-59(57)62)56-19-9-15-48-12-5-6-16-55(48)56/h1-41H. The van der Waals surface area contributed by atoms with Crippen molar-refractivity contribution in [1.82, 2.24) is 4.57 Å². The quantitative estimate of drug-likeness (QED) is 0.157. The van der Waals surface area contributed by atoms with E-state index in [0.717, 1.165) is 0 Å². The van der Waals surface area contributed by atoms with Gasteiger partial charge < -0.3 is 4.57 Å². The monoisotopic (exact) mass is 823 g/mol. The Kier molecular flexibility index (Phi) is 8.60. The fourth-order valence-corrected chi connectivity index (χ4v) is 10.3. The van der Waals surface area contributed by atoms with Gasteiger partial charge in [-0.25, -0.2) is 0 Å². The molecule has 13 rings (SSSR count). The van der Waals surface area contributed by atoms with Crippen LogP contribution < -0.4 is 0 Å². The largest absolute Gasteiger partial charge is 0.309 e. The summed E-state index contributed by atoms with van der Waals surface area (Å²) in [7, 11) is 0. The molecule has 0 fully saturated rings. The van der Waals surface area contributed by atoms with E-state index < -0.39 is 0 Å². The minimum absolute atomic E-state index is 1.17. The molecular weight excluding hydrogens is 783 g/mol. The number of hydrogen-bond donors (Lipinski definition) is 0. The van der Waals surface area contributed by atoms with Crippen LogP contribution in [-0.4, -0.2) is 4.57 Å². The lowest BCUT2D eigenvalue weighted by molar-refractivity contribution is 1.20. The van der Waals surface area contributed by atoms with Gasteiger partial charge in [-0.05, 0) is 136 Å². The van der Waals surface area contributed by atoms with Crippen LogP contribution in [0.2, 0.25) is 0 Å². The zero-order valence-electron chi connectivity index (χ0n) is 35.6. The molecule has 0 amide bonds. The van der Waals surface area contributed by atoms with Gasteiger partial charge in [-0.2, -0.15) is 0 Å². The lowest BCUT2D eigenvalue weighted by Gasteiger charge is -2.16. The van der Waals surface area contributed by atoms with Crippen LogP contribution in [0.5, 0.6) is 0 Å². The van der Waals surface area contributed by atoms with Gasteiger partial charge in [-0.3, -0.25) is 0 Å². The molecule has 1 nitrogen and oxygen atoms in total. The van der Waals surface area contributed by atoms with E-state index in [0.29, 0.717) is 0 Å². The lowest BCUT2D eigenvalue weighted by Crippen LogP contribution is -1.96. The van der Waals surface area contributed by atoms with Crippen LogP contribution in [0.25, 0.3) is 126 Å². The highest BCUT2D eigenvalue weighted by Gasteiger charge is 2.18. The first-order valence-electron chi connectivity index (χ1n) is 22.5. The molecule has 12 aromatic carbocycles. The maximum absolute atomic E-state index is 2.49. The first kappa shape index (κ1) is 37.1. The van der Waals surface area contributed by atoms with Crippen LogP contribution in [-0.2, 0) is 0 Å². The summed E-state index contributed by atoms with van der Waals surface area (Å²) >= 11 is 0. The summed E-state index contributed by atoms with van der Waals surface area (Å²) < 4.78 is 2.49. The van der Waals surface area contributed by atoms with Gasteiger partial charge in [0.2, 0.25) is 0 Å². The molecule has 0 radical (unpaired) electrons. The predicted octanol–water partition coefficient (Wildman–Crippen LogP) is 17.7. The second kappa shape index (κ2) is 15.1. The van der Waals surface area contributed by atoms with Gasteiger partial charge in [0.25, 0.3) is 0 Å². The van der Waals surface area contributed by atoms with Gasteiger partial charge in [0.15, 0.2) is 0 Å². The number of benzene rings is 12. The fourth-order valence-electron chi connectivity index (χ4n) is 10.3. The molecule has 302 valence electrons. The Balaban J connectivity index is 0.959. The molecule has 1 heterocycles. The van der Waals surface area contributed by atoms with Crippen LogP contribution >= 0.6 is 0 Å². The molecule has 0 atom stereocenters. The summed E-state index contributed by atoms with van der Waals surface area (Å²) in [6.45, 7) is 0. The van der Waals surface area contributed by atoms with Crippen molar-refractivity contribution in [1.29, 1.82) is 0 Å². The van der Waals surface area contributed by atoms with Crippen LogP contribution in [0.4, 0.5) is 0 Å². The van der Waals surface area contributed by atoms with E-state index in [9.17, 15) is 0 Å². The average Bonchev–Trinajstić information content (AvgIpc) is 3.70. The van der Waals surface area contributed by atoms with Crippen molar-refractivity contribution < 1.29 is 0 Å². The SMILES string of the molecule is c1ccc2cc(-c3ccc(-c4ccc5c(c4)c4cc(-c6ccc(-c7ccc8ccccc8c7)cc6)ccc4n5-c4ccc(-c5cccc6ccccc56)c5ccccc45)cc3)ccc2c1. The van der Waals surface area contributed by atoms with Crippen LogP contribution in [0.15, 0.2) is 249 Å². The molecule has 0 bridgehead atoms. The van der Waals surface area contributed by atoms with Crippen molar-refractivity contribution in [2.45, 2.75) is 0 Å². The van der Waals surface area contributed by atoms with Crippen molar-refractivity contribution in [3.8, 4) is 61.3 Å². The van der Waals surface area contributed by atoms with Gasteiger partial charge in [0.1, 0.15) is 0 Å². The van der Waals surface area contributed by atoms with E-state index >= 15 is 0 Å². The highest BCUT2D eigenvalue weighted by molar-refractivity contribution is 6.14. The Morgan fingerprint density at radius 3 is 1.12 bits per heavy atom. The van der Waals surface area contributed by atoms with Gasteiger partial charge >= 0.3 is 0 Å².